The summed E-state index contributed by atoms with van der Waals surface area (Å²) in [5, 5.41) is 13.5. The van der Waals surface area contributed by atoms with Crippen LogP contribution < -0.4 is 19.6 Å². The average Bonchev–Trinajstić information content (AvgIpc) is 2.60. The molecule has 0 heterocycles. The molecule has 0 unspecified atom stereocenters. The number of nitrogens with zero attached hydrogens (tertiary/aromatic N) is 1. The Morgan fingerprint density at radius 3 is 2.25 bits per heavy atom. The van der Waals surface area contributed by atoms with Crippen LogP contribution in [0.4, 0.5) is 0 Å². The lowest BCUT2D eigenvalue weighted by Gasteiger charge is -2.12. The Morgan fingerprint density at radius 1 is 1.08 bits per heavy atom. The van der Waals surface area contributed by atoms with Crippen molar-refractivity contribution in [1.82, 2.24) is 5.43 Å². The van der Waals surface area contributed by atoms with E-state index in [1.54, 1.807) is 24.3 Å². The van der Waals surface area contributed by atoms with Crippen LogP contribution in [-0.4, -0.2) is 38.6 Å². The number of aromatic hydroxyl groups is 1. The van der Waals surface area contributed by atoms with Gasteiger partial charge in [0.2, 0.25) is 5.75 Å². The van der Waals surface area contributed by atoms with Gasteiger partial charge in [-0.2, -0.15) is 5.10 Å². The van der Waals surface area contributed by atoms with Gasteiger partial charge in [0.1, 0.15) is 5.75 Å². The number of ether oxygens (including phenoxy) is 3. The van der Waals surface area contributed by atoms with Crippen molar-refractivity contribution in [2.45, 2.75) is 0 Å². The van der Waals surface area contributed by atoms with Crippen molar-refractivity contribution in [3.63, 3.8) is 0 Å². The zero-order chi connectivity index (χ0) is 17.5. The van der Waals surface area contributed by atoms with E-state index in [1.807, 2.05) is 0 Å². The molecule has 2 rings (SSSR count). The molecule has 126 valence electrons. The summed E-state index contributed by atoms with van der Waals surface area (Å²) >= 11 is 0. The fourth-order valence-corrected chi connectivity index (χ4v) is 2.07. The first-order chi connectivity index (χ1) is 11.6. The zero-order valence-corrected chi connectivity index (χ0v) is 13.6. The number of phenolic OH excluding ortho intramolecular Hbond substituents is 1. The molecule has 0 aliphatic heterocycles. The molecule has 0 radical (unpaired) electrons. The molecule has 7 heteroatoms. The molecule has 0 aliphatic carbocycles. The van der Waals surface area contributed by atoms with Crippen molar-refractivity contribution >= 4 is 12.1 Å². The number of nitrogens with one attached hydrogen (secondary N) is 1. The molecule has 0 bridgehead atoms. The summed E-state index contributed by atoms with van der Waals surface area (Å²) in [5.41, 5.74) is 3.13. The topological polar surface area (TPSA) is 89.4 Å². The van der Waals surface area contributed by atoms with Crippen LogP contribution in [0.2, 0.25) is 0 Å². The number of phenols is 1. The number of para-hydroxylation sites is 1. The smallest absolute Gasteiger partial charge is 0.275 e. The van der Waals surface area contributed by atoms with E-state index in [4.69, 9.17) is 14.2 Å². The molecule has 0 saturated heterocycles. The maximum Gasteiger partial charge on any atom is 0.275 e. The summed E-state index contributed by atoms with van der Waals surface area (Å²) in [4.78, 5) is 11.9. The molecule has 0 spiro atoms. The largest absolute Gasteiger partial charge is 0.507 e. The van der Waals surface area contributed by atoms with E-state index in [1.165, 1.54) is 39.7 Å². The quantitative estimate of drug-likeness (QED) is 0.626. The van der Waals surface area contributed by atoms with Gasteiger partial charge >= 0.3 is 0 Å². The molecule has 0 saturated carbocycles. The van der Waals surface area contributed by atoms with Crippen LogP contribution in [0.15, 0.2) is 41.5 Å². The minimum atomic E-state index is -0.517. The summed E-state index contributed by atoms with van der Waals surface area (Å²) in [7, 11) is 4.54. The van der Waals surface area contributed by atoms with E-state index >= 15 is 0 Å². The van der Waals surface area contributed by atoms with Crippen molar-refractivity contribution in [3.8, 4) is 23.0 Å². The summed E-state index contributed by atoms with van der Waals surface area (Å²) in [6.45, 7) is 0. The van der Waals surface area contributed by atoms with Gasteiger partial charge in [-0.1, -0.05) is 12.1 Å². The van der Waals surface area contributed by atoms with Gasteiger partial charge in [0, 0.05) is 5.56 Å². The van der Waals surface area contributed by atoms with Crippen LogP contribution in [0.5, 0.6) is 23.0 Å². The maximum absolute atomic E-state index is 11.9. The van der Waals surface area contributed by atoms with E-state index in [-0.39, 0.29) is 11.3 Å². The second-order valence-electron chi connectivity index (χ2n) is 4.67. The molecule has 7 nitrogen and oxygen atoms in total. The van der Waals surface area contributed by atoms with Crippen molar-refractivity contribution in [2.24, 2.45) is 5.10 Å². The third-order valence-corrected chi connectivity index (χ3v) is 3.22. The Hall–Kier alpha value is -3.22. The minimum Gasteiger partial charge on any atom is -0.507 e. The fraction of sp³-hybridized carbons (Fsp3) is 0.176. The van der Waals surface area contributed by atoms with Gasteiger partial charge in [-0.3, -0.25) is 4.79 Å². The fourth-order valence-electron chi connectivity index (χ4n) is 2.07. The number of carbonyl (C=O) groups excluding carboxylic acids is 1. The second kappa shape index (κ2) is 7.87. The molecule has 2 aromatic rings. The lowest BCUT2D eigenvalue weighted by atomic mass is 10.2. The molecule has 1 amide bonds. The van der Waals surface area contributed by atoms with Gasteiger partial charge < -0.3 is 19.3 Å². The van der Waals surface area contributed by atoms with Gasteiger partial charge in [0.25, 0.3) is 5.91 Å². The third kappa shape index (κ3) is 3.75. The predicted molar refractivity (Wildman–Crippen MR) is 89.3 cm³/mol. The van der Waals surface area contributed by atoms with Crippen LogP contribution >= 0.6 is 0 Å². The molecule has 2 aromatic carbocycles. The monoisotopic (exact) mass is 330 g/mol. The number of carbonyl (C=O) groups is 1. The number of benzene rings is 2. The second-order valence-corrected chi connectivity index (χ2v) is 4.67. The third-order valence-electron chi connectivity index (χ3n) is 3.22. The highest BCUT2D eigenvalue weighted by Crippen LogP contribution is 2.37. The van der Waals surface area contributed by atoms with Gasteiger partial charge in [-0.15, -0.1) is 0 Å². The van der Waals surface area contributed by atoms with E-state index in [2.05, 4.69) is 10.5 Å². The zero-order valence-electron chi connectivity index (χ0n) is 13.6. The molecule has 0 atom stereocenters. The molecule has 2 N–H and O–H groups in total. The number of hydrogen-bond donors (Lipinski definition) is 2. The van der Waals surface area contributed by atoms with Gasteiger partial charge in [-0.25, -0.2) is 5.43 Å². The predicted octanol–water partition coefficient (Wildman–Crippen LogP) is 2.18. The van der Waals surface area contributed by atoms with E-state index in [0.717, 1.165) is 0 Å². The van der Waals surface area contributed by atoms with Crippen molar-refractivity contribution in [2.75, 3.05) is 21.3 Å². The average molecular weight is 330 g/mol. The first-order valence-corrected chi connectivity index (χ1v) is 7.02. The molecule has 0 aliphatic rings. The Balaban J connectivity index is 2.17. The summed E-state index contributed by atoms with van der Waals surface area (Å²) in [6.07, 6.45) is 1.43. The normalized spacial score (nSPS) is 10.5. The van der Waals surface area contributed by atoms with Crippen LogP contribution in [0, 0.1) is 0 Å². The summed E-state index contributed by atoms with van der Waals surface area (Å²) in [5.74, 6) is 0.792. The lowest BCUT2D eigenvalue weighted by Crippen LogP contribution is -2.17. The highest BCUT2D eigenvalue weighted by Gasteiger charge is 2.12. The first kappa shape index (κ1) is 17.1. The number of hydrogen-bond acceptors (Lipinski definition) is 6. The Morgan fingerprint density at radius 2 is 1.71 bits per heavy atom. The van der Waals surface area contributed by atoms with Gasteiger partial charge in [0.15, 0.2) is 11.5 Å². The number of amides is 1. The summed E-state index contributed by atoms with van der Waals surface area (Å²) in [6, 6.07) is 9.59. The highest BCUT2D eigenvalue weighted by molar-refractivity contribution is 5.97. The van der Waals surface area contributed by atoms with Crippen molar-refractivity contribution < 1.29 is 24.1 Å². The van der Waals surface area contributed by atoms with E-state index in [0.29, 0.717) is 22.8 Å². The molecule has 0 fully saturated rings. The van der Waals surface area contributed by atoms with Gasteiger partial charge in [-0.05, 0) is 24.3 Å². The molecule has 0 aromatic heterocycles. The van der Waals surface area contributed by atoms with Crippen LogP contribution in [-0.2, 0) is 0 Å². The Kier molecular flexibility index (Phi) is 5.62. The minimum absolute atomic E-state index is 0.113. The SMILES string of the molecule is COc1cc(/C=N\NC(=O)c2ccccc2O)cc(OC)c1OC. The molecular weight excluding hydrogens is 312 g/mol. The van der Waals surface area contributed by atoms with Gasteiger partial charge in [0.05, 0.1) is 33.1 Å². The van der Waals surface area contributed by atoms with Crippen LogP contribution in [0.1, 0.15) is 15.9 Å². The highest BCUT2D eigenvalue weighted by atomic mass is 16.5. The standard InChI is InChI=1S/C17H18N2O5/c1-22-14-8-11(9-15(23-2)16(14)24-3)10-18-19-17(21)12-6-4-5-7-13(12)20/h4-10,20H,1-3H3,(H,19,21)/b18-10-. The Bertz CT molecular complexity index is 733. The number of methoxy groups -OCH3 is 3. The number of rotatable bonds is 6. The number of hydrazone groups is 1. The maximum atomic E-state index is 11.9. The lowest BCUT2D eigenvalue weighted by molar-refractivity contribution is 0.0952. The molecule has 24 heavy (non-hydrogen) atoms. The van der Waals surface area contributed by atoms with Crippen LogP contribution in [0.3, 0.4) is 0 Å². The van der Waals surface area contributed by atoms with Crippen molar-refractivity contribution in [3.05, 3.63) is 47.5 Å². The molecular formula is C17H18N2O5. The van der Waals surface area contributed by atoms with E-state index < -0.39 is 5.91 Å². The summed E-state index contributed by atoms with van der Waals surface area (Å²) < 4.78 is 15.7. The first-order valence-electron chi connectivity index (χ1n) is 7.02. The Labute approximate surface area is 139 Å². The van der Waals surface area contributed by atoms with E-state index in [9.17, 15) is 9.90 Å². The van der Waals surface area contributed by atoms with Crippen LogP contribution in [0.25, 0.3) is 0 Å². The van der Waals surface area contributed by atoms with Crippen molar-refractivity contribution in [1.29, 1.82) is 0 Å².